The number of benzene rings is 1. The Balaban J connectivity index is 3.63. The van der Waals surface area contributed by atoms with Crippen molar-refractivity contribution in [2.75, 3.05) is 7.11 Å². The highest BCUT2D eigenvalue weighted by atomic mass is 35.5. The van der Waals surface area contributed by atoms with E-state index in [4.69, 9.17) is 11.6 Å². The van der Waals surface area contributed by atoms with Crippen molar-refractivity contribution in [3.63, 3.8) is 0 Å². The highest BCUT2D eigenvalue weighted by molar-refractivity contribution is 6.31. The van der Waals surface area contributed by atoms with Crippen molar-refractivity contribution in [3.05, 3.63) is 42.9 Å². The van der Waals surface area contributed by atoms with E-state index < -0.39 is 32.8 Å². The molecule has 1 aromatic carbocycles. The van der Waals surface area contributed by atoms with Crippen LogP contribution in [0.5, 0.6) is 0 Å². The molecule has 8 nitrogen and oxygen atoms in total. The molecule has 0 heterocycles. The minimum atomic E-state index is -1.07. The summed E-state index contributed by atoms with van der Waals surface area (Å²) in [5.74, 6) is -1.07. The van der Waals surface area contributed by atoms with Gasteiger partial charge < -0.3 is 4.74 Å². The van der Waals surface area contributed by atoms with Crippen molar-refractivity contribution in [2.24, 2.45) is 0 Å². The van der Waals surface area contributed by atoms with E-state index in [0.29, 0.717) is 0 Å². The highest BCUT2D eigenvalue weighted by Gasteiger charge is 2.33. The number of nitro benzene ring substituents is 2. The number of carbonyl (C=O) groups excluding carboxylic acids is 1. The lowest BCUT2D eigenvalue weighted by Gasteiger charge is -2.02. The molecule has 0 aromatic heterocycles. The van der Waals surface area contributed by atoms with Crippen LogP contribution in [0.15, 0.2) is 12.1 Å². The van der Waals surface area contributed by atoms with Gasteiger partial charge in [0.25, 0.3) is 0 Å². The molecule has 9 heteroatoms. The van der Waals surface area contributed by atoms with Gasteiger partial charge in [0.05, 0.1) is 17.0 Å². The van der Waals surface area contributed by atoms with E-state index in [1.807, 2.05) is 0 Å². The van der Waals surface area contributed by atoms with Crippen molar-refractivity contribution < 1.29 is 19.4 Å². The molecule has 0 unspecified atom stereocenters. The van der Waals surface area contributed by atoms with Gasteiger partial charge in [-0.25, -0.2) is 4.79 Å². The largest absolute Gasteiger partial charge is 0.465 e. The van der Waals surface area contributed by atoms with Gasteiger partial charge in [-0.1, -0.05) is 11.6 Å². The van der Waals surface area contributed by atoms with Gasteiger partial charge >= 0.3 is 17.3 Å². The first-order valence-electron chi connectivity index (χ1n) is 4.09. The molecule has 0 aliphatic carbocycles. The Kier molecular flexibility index (Phi) is 3.59. The number of nitrogens with zero attached hydrogens (tertiary/aromatic N) is 2. The van der Waals surface area contributed by atoms with E-state index in [1.54, 1.807) is 0 Å². The summed E-state index contributed by atoms with van der Waals surface area (Å²) in [4.78, 5) is 30.6. The first-order valence-corrected chi connectivity index (χ1v) is 4.47. The van der Waals surface area contributed by atoms with Crippen LogP contribution >= 0.6 is 11.6 Å². The molecule has 0 amide bonds. The number of methoxy groups -OCH3 is 1. The number of hydrogen-bond donors (Lipinski definition) is 0. The van der Waals surface area contributed by atoms with Crippen LogP contribution in [0.4, 0.5) is 11.4 Å². The van der Waals surface area contributed by atoms with E-state index >= 15 is 0 Å². The summed E-state index contributed by atoms with van der Waals surface area (Å²) in [6.45, 7) is 0. The maximum Gasteiger partial charge on any atom is 0.360 e. The Morgan fingerprint density at radius 1 is 1.29 bits per heavy atom. The molecular formula is C8H5ClN2O6. The predicted octanol–water partition coefficient (Wildman–Crippen LogP) is 1.94. The summed E-state index contributed by atoms with van der Waals surface area (Å²) in [7, 11) is 0.999. The standard InChI is InChI=1S/C8H5ClN2O6/c1-17-8(12)5-2-4(9)3-6(10(13)14)7(5)11(15)16/h2-3H,1H3. The topological polar surface area (TPSA) is 113 Å². The summed E-state index contributed by atoms with van der Waals surface area (Å²) >= 11 is 5.54. The third-order valence-corrected chi connectivity index (χ3v) is 2.06. The van der Waals surface area contributed by atoms with Crippen LogP contribution in [-0.2, 0) is 4.74 Å². The zero-order valence-electron chi connectivity index (χ0n) is 8.38. The van der Waals surface area contributed by atoms with Crippen LogP contribution < -0.4 is 0 Å². The van der Waals surface area contributed by atoms with E-state index in [2.05, 4.69) is 4.74 Å². The SMILES string of the molecule is COC(=O)c1cc(Cl)cc([N+](=O)[O-])c1[N+](=O)[O-]. The average Bonchev–Trinajstić information content (AvgIpc) is 2.26. The van der Waals surface area contributed by atoms with E-state index in [9.17, 15) is 25.0 Å². The fourth-order valence-corrected chi connectivity index (χ4v) is 1.39. The Bertz CT molecular complexity index is 515. The monoisotopic (exact) mass is 260 g/mol. The number of hydrogen-bond acceptors (Lipinski definition) is 6. The lowest BCUT2D eigenvalue weighted by atomic mass is 10.1. The molecule has 0 spiro atoms. The van der Waals surface area contributed by atoms with Crippen LogP contribution in [-0.4, -0.2) is 22.9 Å². The third kappa shape index (κ3) is 2.48. The molecule has 0 fully saturated rings. The normalized spacial score (nSPS) is 9.76. The fourth-order valence-electron chi connectivity index (χ4n) is 1.18. The highest BCUT2D eigenvalue weighted by Crippen LogP contribution is 2.34. The Labute approximate surface area is 99.0 Å². The number of nitro groups is 2. The second-order valence-electron chi connectivity index (χ2n) is 2.83. The van der Waals surface area contributed by atoms with Gasteiger partial charge in [0.1, 0.15) is 5.56 Å². The Morgan fingerprint density at radius 2 is 1.88 bits per heavy atom. The van der Waals surface area contributed by atoms with Crippen LogP contribution in [0.2, 0.25) is 5.02 Å². The summed E-state index contributed by atoms with van der Waals surface area (Å²) < 4.78 is 4.29. The number of esters is 1. The quantitative estimate of drug-likeness (QED) is 0.466. The molecule has 1 rings (SSSR count). The van der Waals surface area contributed by atoms with Crippen LogP contribution in [0, 0.1) is 20.2 Å². The van der Waals surface area contributed by atoms with Crippen molar-refractivity contribution in [3.8, 4) is 0 Å². The molecule has 0 aliphatic rings. The maximum absolute atomic E-state index is 11.3. The van der Waals surface area contributed by atoms with Gasteiger partial charge in [0, 0.05) is 11.1 Å². The summed E-state index contributed by atoms with van der Waals surface area (Å²) in [6.07, 6.45) is 0. The van der Waals surface area contributed by atoms with Crippen LogP contribution in [0.3, 0.4) is 0 Å². The molecule has 90 valence electrons. The van der Waals surface area contributed by atoms with Crippen molar-refractivity contribution in [1.29, 1.82) is 0 Å². The minimum Gasteiger partial charge on any atom is -0.465 e. The molecule has 0 saturated heterocycles. The molecule has 0 N–H and O–H groups in total. The number of halogens is 1. The van der Waals surface area contributed by atoms with Gasteiger partial charge in [0.15, 0.2) is 0 Å². The van der Waals surface area contributed by atoms with Gasteiger partial charge in [0.2, 0.25) is 0 Å². The van der Waals surface area contributed by atoms with E-state index in [-0.39, 0.29) is 5.02 Å². The Hall–Kier alpha value is -2.22. The van der Waals surface area contributed by atoms with Gasteiger partial charge in [-0.2, -0.15) is 0 Å². The van der Waals surface area contributed by atoms with E-state index in [1.165, 1.54) is 0 Å². The summed E-state index contributed by atoms with van der Waals surface area (Å²) in [5.41, 5.74) is -2.36. The fraction of sp³-hybridized carbons (Fsp3) is 0.125. The second-order valence-corrected chi connectivity index (χ2v) is 3.26. The molecule has 0 radical (unpaired) electrons. The zero-order valence-corrected chi connectivity index (χ0v) is 9.13. The van der Waals surface area contributed by atoms with Gasteiger partial charge in [-0.15, -0.1) is 0 Å². The van der Waals surface area contributed by atoms with Crippen molar-refractivity contribution in [2.45, 2.75) is 0 Å². The van der Waals surface area contributed by atoms with Gasteiger partial charge in [-0.3, -0.25) is 20.2 Å². The van der Waals surface area contributed by atoms with Crippen molar-refractivity contribution >= 4 is 28.9 Å². The molecule has 0 aliphatic heterocycles. The van der Waals surface area contributed by atoms with Crippen molar-refractivity contribution in [1.82, 2.24) is 0 Å². The zero-order chi connectivity index (χ0) is 13.2. The van der Waals surface area contributed by atoms with Crippen LogP contribution in [0.1, 0.15) is 10.4 Å². The lowest BCUT2D eigenvalue weighted by Crippen LogP contribution is -2.08. The maximum atomic E-state index is 11.3. The second kappa shape index (κ2) is 4.74. The smallest absolute Gasteiger partial charge is 0.360 e. The molecule has 1 aromatic rings. The first-order chi connectivity index (χ1) is 7.88. The summed E-state index contributed by atoms with van der Waals surface area (Å²) in [6, 6.07) is 1.74. The number of ether oxygens (including phenoxy) is 1. The Morgan fingerprint density at radius 3 is 2.29 bits per heavy atom. The predicted molar refractivity (Wildman–Crippen MR) is 56.1 cm³/mol. The summed E-state index contributed by atoms with van der Waals surface area (Å²) in [5, 5.41) is 21.2. The number of carbonyl (C=O) groups is 1. The van der Waals surface area contributed by atoms with E-state index in [0.717, 1.165) is 19.2 Å². The molecule has 17 heavy (non-hydrogen) atoms. The van der Waals surface area contributed by atoms with Crippen LogP contribution in [0.25, 0.3) is 0 Å². The lowest BCUT2D eigenvalue weighted by molar-refractivity contribution is -0.422. The third-order valence-electron chi connectivity index (χ3n) is 1.84. The molecule has 0 bridgehead atoms. The molecule has 0 atom stereocenters. The van der Waals surface area contributed by atoms with Gasteiger partial charge in [-0.05, 0) is 6.07 Å². The first kappa shape index (κ1) is 12.8. The average molecular weight is 261 g/mol. The molecular weight excluding hydrogens is 256 g/mol. The molecule has 0 saturated carbocycles. The minimum absolute atomic E-state index is 0.164. The number of rotatable bonds is 3.